The Balaban J connectivity index is 1.60. The predicted molar refractivity (Wildman–Crippen MR) is 104 cm³/mol. The van der Waals surface area contributed by atoms with Crippen molar-refractivity contribution in [1.82, 2.24) is 4.98 Å². The molecule has 0 spiro atoms. The van der Waals surface area contributed by atoms with E-state index in [-0.39, 0.29) is 16.7 Å². The summed E-state index contributed by atoms with van der Waals surface area (Å²) in [6.07, 6.45) is 1.83. The third-order valence-corrected chi connectivity index (χ3v) is 4.66. The van der Waals surface area contributed by atoms with E-state index < -0.39 is 5.51 Å². The molecule has 0 saturated heterocycles. The molecule has 0 radical (unpaired) electrons. The summed E-state index contributed by atoms with van der Waals surface area (Å²) >= 11 is -0.162. The maximum atomic E-state index is 12.4. The Morgan fingerprint density at radius 1 is 1.14 bits per heavy atom. The fraction of sp³-hybridized carbons (Fsp3) is 0.200. The van der Waals surface area contributed by atoms with Crippen LogP contribution in [0, 0.1) is 6.92 Å². The Morgan fingerprint density at radius 2 is 1.83 bits per heavy atom. The lowest BCUT2D eigenvalue weighted by atomic mass is 10.2. The van der Waals surface area contributed by atoms with Gasteiger partial charge in [0.1, 0.15) is 11.5 Å². The Labute approximate surface area is 169 Å². The first-order valence-electron chi connectivity index (χ1n) is 8.57. The lowest BCUT2D eigenvalue weighted by molar-refractivity contribution is -0.0328. The van der Waals surface area contributed by atoms with Crippen LogP contribution < -0.4 is 4.74 Å². The smallest absolute Gasteiger partial charge is 0.446 e. The zero-order chi connectivity index (χ0) is 20.9. The largest absolute Gasteiger partial charge is 0.493 e. The van der Waals surface area contributed by atoms with E-state index in [2.05, 4.69) is 10.1 Å². The lowest BCUT2D eigenvalue weighted by Crippen LogP contribution is -2.02. The minimum absolute atomic E-state index is 0.106. The van der Waals surface area contributed by atoms with Gasteiger partial charge in [0.25, 0.3) is 0 Å². The molecule has 0 atom stereocenters. The van der Waals surface area contributed by atoms with Crippen molar-refractivity contribution in [3.63, 3.8) is 0 Å². The van der Waals surface area contributed by atoms with Crippen LogP contribution in [0.4, 0.5) is 13.2 Å². The third-order valence-electron chi connectivity index (χ3n) is 3.92. The maximum absolute atomic E-state index is 12.4. The Bertz CT molecular complexity index is 968. The number of aromatic nitrogens is 1. The van der Waals surface area contributed by atoms with Gasteiger partial charge >= 0.3 is 5.51 Å². The fourth-order valence-corrected chi connectivity index (χ4v) is 3.10. The molecule has 3 rings (SSSR count). The number of benzene rings is 2. The Kier molecular flexibility index (Phi) is 6.48. The molecule has 1 heterocycles. The van der Waals surface area contributed by atoms with E-state index in [1.54, 1.807) is 43.3 Å². The summed E-state index contributed by atoms with van der Waals surface area (Å²) in [6.45, 7) is 2.16. The average molecular weight is 422 g/mol. The fourth-order valence-electron chi connectivity index (χ4n) is 2.56. The minimum Gasteiger partial charge on any atom is -0.493 e. The molecule has 152 valence electrons. The Hall–Kier alpha value is -2.94. The SMILES string of the molecule is Cc1oc(-c2ccc(SC(F)(F)F)cc2)nc1CCOc1ccc(/C=N/O)cc1. The van der Waals surface area contributed by atoms with Gasteiger partial charge in [0, 0.05) is 16.9 Å². The summed E-state index contributed by atoms with van der Waals surface area (Å²) in [7, 11) is 0. The lowest BCUT2D eigenvalue weighted by Gasteiger charge is -2.05. The van der Waals surface area contributed by atoms with Crippen LogP contribution in [0.5, 0.6) is 5.75 Å². The zero-order valence-electron chi connectivity index (χ0n) is 15.3. The van der Waals surface area contributed by atoms with Gasteiger partial charge in [-0.15, -0.1) is 0 Å². The molecule has 1 N–H and O–H groups in total. The van der Waals surface area contributed by atoms with Crippen LogP contribution in [-0.2, 0) is 6.42 Å². The number of oxime groups is 1. The van der Waals surface area contributed by atoms with E-state index in [0.717, 1.165) is 11.3 Å². The molecule has 0 bridgehead atoms. The molecule has 9 heteroatoms. The van der Waals surface area contributed by atoms with E-state index in [0.29, 0.717) is 36.0 Å². The van der Waals surface area contributed by atoms with Gasteiger partial charge in [0.2, 0.25) is 5.89 Å². The first-order valence-corrected chi connectivity index (χ1v) is 9.38. The molecule has 0 aliphatic carbocycles. The molecule has 0 amide bonds. The van der Waals surface area contributed by atoms with Gasteiger partial charge in [-0.2, -0.15) is 13.2 Å². The summed E-state index contributed by atoms with van der Waals surface area (Å²) in [4.78, 5) is 4.54. The van der Waals surface area contributed by atoms with Crippen molar-refractivity contribution in [2.75, 3.05) is 6.61 Å². The van der Waals surface area contributed by atoms with Gasteiger partial charge in [0.15, 0.2) is 0 Å². The second-order valence-corrected chi connectivity index (χ2v) is 7.14. The highest BCUT2D eigenvalue weighted by molar-refractivity contribution is 8.00. The first-order chi connectivity index (χ1) is 13.8. The van der Waals surface area contributed by atoms with E-state index in [1.165, 1.54) is 18.3 Å². The molecule has 2 aromatic carbocycles. The number of nitrogens with zero attached hydrogens (tertiary/aromatic N) is 2. The van der Waals surface area contributed by atoms with Crippen molar-refractivity contribution >= 4 is 18.0 Å². The number of thioether (sulfide) groups is 1. The highest BCUT2D eigenvalue weighted by Crippen LogP contribution is 2.37. The number of halogens is 3. The molecular weight excluding hydrogens is 405 g/mol. The number of hydrogen-bond donors (Lipinski definition) is 1. The van der Waals surface area contributed by atoms with Crippen LogP contribution in [0.2, 0.25) is 0 Å². The molecule has 0 fully saturated rings. The van der Waals surface area contributed by atoms with Crippen LogP contribution in [0.15, 0.2) is 63.0 Å². The quantitative estimate of drug-likeness (QED) is 0.229. The van der Waals surface area contributed by atoms with E-state index in [4.69, 9.17) is 14.4 Å². The number of ether oxygens (including phenoxy) is 1. The average Bonchev–Trinajstić information content (AvgIpc) is 3.03. The number of hydrogen-bond acceptors (Lipinski definition) is 6. The Morgan fingerprint density at radius 3 is 2.45 bits per heavy atom. The maximum Gasteiger partial charge on any atom is 0.446 e. The predicted octanol–water partition coefficient (Wildman–Crippen LogP) is 5.69. The van der Waals surface area contributed by atoms with E-state index in [1.807, 2.05) is 0 Å². The molecule has 0 unspecified atom stereocenters. The van der Waals surface area contributed by atoms with Gasteiger partial charge < -0.3 is 14.4 Å². The standard InChI is InChI=1S/C20H17F3N2O3S/c1-13-18(10-11-27-16-6-2-14(3-7-16)12-24-26)25-19(28-13)15-4-8-17(9-5-15)29-20(21,22)23/h2-9,12,26H,10-11H2,1H3/b24-12+. The molecule has 0 saturated carbocycles. The normalized spacial score (nSPS) is 11.9. The number of rotatable bonds is 7. The van der Waals surface area contributed by atoms with E-state index in [9.17, 15) is 13.2 Å². The third kappa shape index (κ3) is 6.02. The van der Waals surface area contributed by atoms with Crippen molar-refractivity contribution < 1.29 is 27.5 Å². The van der Waals surface area contributed by atoms with E-state index >= 15 is 0 Å². The molecule has 0 aliphatic heterocycles. The molecule has 0 aliphatic rings. The summed E-state index contributed by atoms with van der Waals surface area (Å²) < 4.78 is 48.6. The molecule has 5 nitrogen and oxygen atoms in total. The van der Waals surface area contributed by atoms with Gasteiger partial charge in [-0.05, 0) is 72.8 Å². The second kappa shape index (κ2) is 9.04. The molecule has 29 heavy (non-hydrogen) atoms. The summed E-state index contributed by atoms with van der Waals surface area (Å²) in [5, 5.41) is 11.5. The van der Waals surface area contributed by atoms with Crippen molar-refractivity contribution in [2.24, 2.45) is 5.16 Å². The van der Waals surface area contributed by atoms with Crippen LogP contribution in [-0.4, -0.2) is 28.5 Å². The van der Waals surface area contributed by atoms with Crippen LogP contribution in [0.1, 0.15) is 17.0 Å². The molecule has 3 aromatic rings. The summed E-state index contributed by atoms with van der Waals surface area (Å²) in [6, 6.07) is 12.9. The van der Waals surface area contributed by atoms with Crippen molar-refractivity contribution in [3.8, 4) is 17.2 Å². The van der Waals surface area contributed by atoms with Gasteiger partial charge in [0.05, 0.1) is 18.5 Å². The second-order valence-electron chi connectivity index (χ2n) is 6.01. The molecular formula is C20H17F3N2O3S. The van der Waals surface area contributed by atoms with Gasteiger partial charge in [-0.25, -0.2) is 4.98 Å². The zero-order valence-corrected chi connectivity index (χ0v) is 16.1. The van der Waals surface area contributed by atoms with Gasteiger partial charge in [-0.3, -0.25) is 0 Å². The number of oxazole rings is 1. The minimum atomic E-state index is -4.32. The van der Waals surface area contributed by atoms with Crippen LogP contribution >= 0.6 is 11.8 Å². The first kappa shape index (κ1) is 20.8. The number of aryl methyl sites for hydroxylation is 1. The summed E-state index contributed by atoms with van der Waals surface area (Å²) in [5.74, 6) is 1.65. The van der Waals surface area contributed by atoms with Crippen LogP contribution in [0.25, 0.3) is 11.5 Å². The van der Waals surface area contributed by atoms with Crippen LogP contribution in [0.3, 0.4) is 0 Å². The topological polar surface area (TPSA) is 67.9 Å². The highest BCUT2D eigenvalue weighted by atomic mass is 32.2. The monoisotopic (exact) mass is 422 g/mol. The number of alkyl halides is 3. The van der Waals surface area contributed by atoms with Crippen molar-refractivity contribution in [1.29, 1.82) is 0 Å². The highest BCUT2D eigenvalue weighted by Gasteiger charge is 2.29. The van der Waals surface area contributed by atoms with Gasteiger partial charge in [-0.1, -0.05) is 5.16 Å². The summed E-state index contributed by atoms with van der Waals surface area (Å²) in [5.41, 5.74) is -2.25. The van der Waals surface area contributed by atoms with Crippen molar-refractivity contribution in [2.45, 2.75) is 23.7 Å². The molecule has 1 aromatic heterocycles. The van der Waals surface area contributed by atoms with Crippen molar-refractivity contribution in [3.05, 3.63) is 65.5 Å².